The number of amides is 2. The molecule has 0 aromatic heterocycles. The molecule has 5 heteroatoms. The van der Waals surface area contributed by atoms with Gasteiger partial charge in [0, 0.05) is 0 Å². The summed E-state index contributed by atoms with van der Waals surface area (Å²) in [6, 6.07) is 0. The van der Waals surface area contributed by atoms with Gasteiger partial charge in [0.15, 0.2) is 0 Å². The quantitative estimate of drug-likeness (QED) is 0.492. The van der Waals surface area contributed by atoms with Crippen LogP contribution in [-0.4, -0.2) is 25.3 Å². The third kappa shape index (κ3) is 6.86. The number of allylic oxidation sites excluding steroid dienone is 1. The Balaban J connectivity index is 3.44. The third-order valence-corrected chi connectivity index (χ3v) is 1.09. The molecule has 0 heterocycles. The molecule has 0 aliphatic carbocycles. The predicted molar refractivity (Wildman–Crippen MR) is 48.0 cm³/mol. The molecule has 0 aromatic carbocycles. The van der Waals surface area contributed by atoms with Crippen LogP contribution in [-0.2, 0) is 9.53 Å². The van der Waals surface area contributed by atoms with E-state index in [4.69, 9.17) is 0 Å². The van der Waals surface area contributed by atoms with Crippen LogP contribution in [0.4, 0.5) is 4.79 Å². The van der Waals surface area contributed by atoms with E-state index in [0.717, 1.165) is 0 Å². The summed E-state index contributed by atoms with van der Waals surface area (Å²) in [6.45, 7) is 3.83. The van der Waals surface area contributed by atoms with Gasteiger partial charge in [-0.2, -0.15) is 0 Å². The van der Waals surface area contributed by atoms with Crippen molar-refractivity contribution in [1.29, 1.82) is 0 Å². The van der Waals surface area contributed by atoms with Crippen LogP contribution in [0.15, 0.2) is 12.2 Å². The number of ether oxygens (including phenoxy) is 1. The van der Waals surface area contributed by atoms with Crippen LogP contribution in [0.2, 0.25) is 0 Å². The average molecular weight is 186 g/mol. The number of carbonyl (C=O) groups excluding carboxylic acids is 2. The Hall–Kier alpha value is -1.52. The molecule has 0 saturated heterocycles. The van der Waals surface area contributed by atoms with E-state index in [1.807, 2.05) is 0 Å². The zero-order chi connectivity index (χ0) is 10.1. The minimum atomic E-state index is -0.539. The molecule has 5 nitrogen and oxygen atoms in total. The van der Waals surface area contributed by atoms with E-state index < -0.39 is 6.09 Å². The Morgan fingerprint density at radius 3 is 2.62 bits per heavy atom. The van der Waals surface area contributed by atoms with E-state index >= 15 is 0 Å². The molecule has 0 aliphatic heterocycles. The van der Waals surface area contributed by atoms with Gasteiger partial charge in [-0.15, -0.1) is 0 Å². The molecule has 0 aliphatic rings. The third-order valence-electron chi connectivity index (χ3n) is 1.09. The monoisotopic (exact) mass is 186 g/mol. The Labute approximate surface area is 77.1 Å². The SMILES string of the molecule is CC=CC(=O)NCNC(=O)OCC. The Morgan fingerprint density at radius 2 is 2.08 bits per heavy atom. The lowest BCUT2D eigenvalue weighted by Gasteiger charge is -2.04. The van der Waals surface area contributed by atoms with Gasteiger partial charge in [-0.05, 0) is 19.9 Å². The van der Waals surface area contributed by atoms with Crippen LogP contribution in [0.5, 0.6) is 0 Å². The summed E-state index contributed by atoms with van der Waals surface area (Å²) in [4.78, 5) is 21.5. The lowest BCUT2D eigenvalue weighted by atomic mass is 10.5. The predicted octanol–water partition coefficient (Wildman–Crippen LogP) is 0.382. The molecule has 0 radical (unpaired) electrons. The smallest absolute Gasteiger partial charge is 0.408 e. The summed E-state index contributed by atoms with van der Waals surface area (Å²) in [6.07, 6.45) is 2.44. The molecule has 2 amide bonds. The van der Waals surface area contributed by atoms with E-state index in [1.165, 1.54) is 6.08 Å². The van der Waals surface area contributed by atoms with Crippen molar-refractivity contribution in [3.05, 3.63) is 12.2 Å². The molecule has 0 saturated carbocycles. The van der Waals surface area contributed by atoms with Gasteiger partial charge in [-0.1, -0.05) is 6.08 Å². The lowest BCUT2D eigenvalue weighted by molar-refractivity contribution is -0.116. The minimum Gasteiger partial charge on any atom is -0.450 e. The number of carbonyl (C=O) groups is 2. The van der Waals surface area contributed by atoms with Gasteiger partial charge < -0.3 is 15.4 Å². The molecule has 0 fully saturated rings. The maximum atomic E-state index is 10.8. The topological polar surface area (TPSA) is 67.4 Å². The molecule has 74 valence electrons. The molecule has 0 bridgehead atoms. The highest BCUT2D eigenvalue weighted by Gasteiger charge is 1.98. The van der Waals surface area contributed by atoms with Crippen molar-refractivity contribution in [3.63, 3.8) is 0 Å². The molecular weight excluding hydrogens is 172 g/mol. The fourth-order valence-corrected chi connectivity index (χ4v) is 0.596. The molecule has 0 rings (SSSR count). The Kier molecular flexibility index (Phi) is 6.31. The van der Waals surface area contributed by atoms with Gasteiger partial charge in [0.1, 0.15) is 0 Å². The number of hydrogen-bond acceptors (Lipinski definition) is 3. The fourth-order valence-electron chi connectivity index (χ4n) is 0.596. The first-order valence-electron chi connectivity index (χ1n) is 4.01. The van der Waals surface area contributed by atoms with E-state index in [0.29, 0.717) is 6.61 Å². The van der Waals surface area contributed by atoms with Crippen molar-refractivity contribution in [2.45, 2.75) is 13.8 Å². The fraction of sp³-hybridized carbons (Fsp3) is 0.500. The van der Waals surface area contributed by atoms with Crippen LogP contribution in [0.3, 0.4) is 0 Å². The first-order valence-corrected chi connectivity index (χ1v) is 4.01. The number of nitrogens with one attached hydrogen (secondary N) is 2. The first-order chi connectivity index (χ1) is 6.20. The highest BCUT2D eigenvalue weighted by Crippen LogP contribution is 1.74. The second-order valence-corrected chi connectivity index (χ2v) is 2.12. The van der Waals surface area contributed by atoms with Gasteiger partial charge in [-0.25, -0.2) is 4.79 Å². The summed E-state index contributed by atoms with van der Waals surface area (Å²) in [5.74, 6) is -0.251. The van der Waals surface area contributed by atoms with Crippen molar-refractivity contribution >= 4 is 12.0 Å². The van der Waals surface area contributed by atoms with Crippen molar-refractivity contribution < 1.29 is 14.3 Å². The molecule has 0 unspecified atom stereocenters. The van der Waals surface area contributed by atoms with Gasteiger partial charge >= 0.3 is 6.09 Å². The zero-order valence-corrected chi connectivity index (χ0v) is 7.79. The molecule has 13 heavy (non-hydrogen) atoms. The van der Waals surface area contributed by atoms with Crippen LogP contribution >= 0.6 is 0 Å². The minimum absolute atomic E-state index is 0.0714. The van der Waals surface area contributed by atoms with Crippen molar-refractivity contribution in [1.82, 2.24) is 10.6 Å². The summed E-state index contributed by atoms with van der Waals surface area (Å²) in [7, 11) is 0. The second-order valence-electron chi connectivity index (χ2n) is 2.12. The van der Waals surface area contributed by atoms with E-state index in [-0.39, 0.29) is 12.6 Å². The molecule has 0 aromatic rings. The Bertz CT molecular complexity index is 202. The van der Waals surface area contributed by atoms with Crippen LogP contribution in [0.25, 0.3) is 0 Å². The maximum absolute atomic E-state index is 10.8. The van der Waals surface area contributed by atoms with Crippen molar-refractivity contribution in [2.75, 3.05) is 13.3 Å². The van der Waals surface area contributed by atoms with Crippen LogP contribution in [0, 0.1) is 0 Å². The summed E-state index contributed by atoms with van der Waals surface area (Å²) >= 11 is 0. The largest absolute Gasteiger partial charge is 0.450 e. The number of rotatable bonds is 4. The summed E-state index contributed by atoms with van der Waals surface area (Å²) in [5, 5.41) is 4.78. The number of hydrogen-bond donors (Lipinski definition) is 2. The van der Waals surface area contributed by atoms with Gasteiger partial charge in [0.25, 0.3) is 0 Å². The van der Waals surface area contributed by atoms with Crippen molar-refractivity contribution in [2.24, 2.45) is 0 Å². The van der Waals surface area contributed by atoms with Gasteiger partial charge in [-0.3, -0.25) is 4.79 Å². The molecular formula is C8H14N2O3. The Morgan fingerprint density at radius 1 is 1.38 bits per heavy atom. The van der Waals surface area contributed by atoms with Crippen LogP contribution in [0.1, 0.15) is 13.8 Å². The highest BCUT2D eigenvalue weighted by atomic mass is 16.5. The molecule has 0 atom stereocenters. The average Bonchev–Trinajstić information content (AvgIpc) is 2.05. The van der Waals surface area contributed by atoms with Gasteiger partial charge in [0.05, 0.1) is 13.3 Å². The summed E-state index contributed by atoms with van der Waals surface area (Å²) < 4.78 is 4.56. The van der Waals surface area contributed by atoms with E-state index in [9.17, 15) is 9.59 Å². The molecule has 0 spiro atoms. The van der Waals surface area contributed by atoms with Gasteiger partial charge in [0.2, 0.25) is 5.91 Å². The molecule has 2 N–H and O–H groups in total. The summed E-state index contributed by atoms with van der Waals surface area (Å²) in [5.41, 5.74) is 0. The van der Waals surface area contributed by atoms with Crippen molar-refractivity contribution in [3.8, 4) is 0 Å². The standard InChI is InChI=1S/C8H14N2O3/c1-3-5-7(11)9-6-10-8(12)13-4-2/h3,5H,4,6H2,1-2H3,(H,9,11)(H,10,12). The van der Waals surface area contributed by atoms with E-state index in [2.05, 4.69) is 15.4 Å². The first kappa shape index (κ1) is 11.5. The second kappa shape index (κ2) is 7.15. The maximum Gasteiger partial charge on any atom is 0.408 e. The van der Waals surface area contributed by atoms with Crippen LogP contribution < -0.4 is 10.6 Å². The zero-order valence-electron chi connectivity index (χ0n) is 7.79. The lowest BCUT2D eigenvalue weighted by Crippen LogP contribution is -2.36. The highest BCUT2D eigenvalue weighted by molar-refractivity contribution is 5.87. The van der Waals surface area contributed by atoms with E-state index in [1.54, 1.807) is 19.9 Å². The normalized spacial score (nSPS) is 9.69. The number of alkyl carbamates (subject to hydrolysis) is 1.